The highest BCUT2D eigenvalue weighted by Gasteiger charge is 2.76. The Labute approximate surface area is 250 Å². The SMILES string of the molecule is CC(C)C[C@H](CO)N1C(=O)[C@@H]2[C@@H](C(=O)Nc3ccccc3)[C@@H]3SC2(CC3Br)C1C(=O)NCn1nnc2ccccc21. The number of para-hydroxylation sites is 2. The number of aromatic nitrogens is 3. The van der Waals surface area contributed by atoms with Gasteiger partial charge in [-0.3, -0.25) is 14.4 Å². The molecule has 216 valence electrons. The number of nitrogens with one attached hydrogen (secondary N) is 2. The number of benzene rings is 2. The number of rotatable bonds is 9. The molecule has 3 aliphatic heterocycles. The van der Waals surface area contributed by atoms with Crippen molar-refractivity contribution in [2.45, 2.75) is 60.3 Å². The van der Waals surface area contributed by atoms with Crippen molar-refractivity contribution in [1.29, 1.82) is 0 Å². The van der Waals surface area contributed by atoms with Gasteiger partial charge in [0.05, 0.1) is 34.7 Å². The molecule has 2 aromatic carbocycles. The van der Waals surface area contributed by atoms with Crippen LogP contribution in [0.5, 0.6) is 0 Å². The summed E-state index contributed by atoms with van der Waals surface area (Å²) in [4.78, 5) is 43.8. The van der Waals surface area contributed by atoms with Gasteiger partial charge in [0.2, 0.25) is 17.7 Å². The number of thioether (sulfide) groups is 1. The van der Waals surface area contributed by atoms with Crippen molar-refractivity contribution >= 4 is 62.1 Å². The van der Waals surface area contributed by atoms with E-state index in [1.165, 1.54) is 0 Å². The predicted octanol–water partition coefficient (Wildman–Crippen LogP) is 3.02. The van der Waals surface area contributed by atoms with Gasteiger partial charge in [0, 0.05) is 15.8 Å². The summed E-state index contributed by atoms with van der Waals surface area (Å²) in [6.45, 7) is 3.86. The number of nitrogens with zero attached hydrogens (tertiary/aromatic N) is 4. The van der Waals surface area contributed by atoms with Gasteiger partial charge in [-0.1, -0.05) is 65.3 Å². The van der Waals surface area contributed by atoms with Gasteiger partial charge in [0.15, 0.2) is 0 Å². The zero-order chi connectivity index (χ0) is 28.9. The molecule has 3 unspecified atom stereocenters. The lowest BCUT2D eigenvalue weighted by Gasteiger charge is -2.37. The van der Waals surface area contributed by atoms with Gasteiger partial charge in [0.25, 0.3) is 0 Å². The van der Waals surface area contributed by atoms with Crippen LogP contribution in [0, 0.1) is 17.8 Å². The first-order chi connectivity index (χ1) is 19.7. The Morgan fingerprint density at radius 2 is 1.88 bits per heavy atom. The van der Waals surface area contributed by atoms with Gasteiger partial charge < -0.3 is 20.6 Å². The molecular weight excluding hydrogens is 608 g/mol. The Balaban J connectivity index is 1.34. The van der Waals surface area contributed by atoms with Crippen LogP contribution < -0.4 is 10.6 Å². The number of alkyl halides is 1. The van der Waals surface area contributed by atoms with Gasteiger partial charge in [-0.05, 0) is 43.0 Å². The van der Waals surface area contributed by atoms with Crippen LogP contribution in [0.2, 0.25) is 0 Å². The number of carbonyl (C=O) groups excluding carboxylic acids is 3. The quantitative estimate of drug-likeness (QED) is 0.307. The molecule has 1 spiro atoms. The van der Waals surface area contributed by atoms with Crippen LogP contribution in [-0.4, -0.2) is 76.2 Å². The molecule has 0 saturated carbocycles. The highest BCUT2D eigenvalue weighted by Crippen LogP contribution is 2.68. The Kier molecular flexibility index (Phi) is 7.58. The first-order valence-corrected chi connectivity index (χ1v) is 15.7. The smallest absolute Gasteiger partial charge is 0.245 e. The van der Waals surface area contributed by atoms with Gasteiger partial charge in [-0.15, -0.1) is 16.9 Å². The molecule has 2 bridgehead atoms. The van der Waals surface area contributed by atoms with E-state index in [2.05, 4.69) is 36.9 Å². The second-order valence-electron chi connectivity index (χ2n) is 11.5. The van der Waals surface area contributed by atoms with Crippen molar-refractivity contribution in [3.8, 4) is 0 Å². The number of hydrogen-bond acceptors (Lipinski definition) is 7. The molecule has 3 fully saturated rings. The van der Waals surface area contributed by atoms with Crippen LogP contribution in [0.3, 0.4) is 0 Å². The summed E-state index contributed by atoms with van der Waals surface area (Å²) in [6.07, 6.45) is 1.10. The summed E-state index contributed by atoms with van der Waals surface area (Å²) in [5.74, 6) is -1.90. The van der Waals surface area contributed by atoms with E-state index in [-0.39, 0.29) is 47.0 Å². The summed E-state index contributed by atoms with van der Waals surface area (Å²) in [6, 6.07) is 15.3. The molecule has 7 atom stereocenters. The molecule has 3 saturated heterocycles. The largest absolute Gasteiger partial charge is 0.394 e. The van der Waals surface area contributed by atoms with Crippen molar-refractivity contribution in [2.75, 3.05) is 11.9 Å². The minimum absolute atomic E-state index is 0.0461. The average molecular weight is 642 g/mol. The second kappa shape index (κ2) is 11.0. The zero-order valence-electron chi connectivity index (χ0n) is 22.8. The average Bonchev–Trinajstić information content (AvgIpc) is 3.68. The number of likely N-dealkylation sites (tertiary alicyclic amines) is 1. The molecule has 0 aliphatic carbocycles. The molecule has 3 aromatic rings. The van der Waals surface area contributed by atoms with E-state index in [9.17, 15) is 19.5 Å². The fourth-order valence-electron chi connectivity index (χ4n) is 6.91. The number of halogens is 1. The summed E-state index contributed by atoms with van der Waals surface area (Å²) >= 11 is 5.37. The molecule has 41 heavy (non-hydrogen) atoms. The highest BCUT2D eigenvalue weighted by molar-refractivity contribution is 9.09. The number of hydrogen-bond donors (Lipinski definition) is 3. The highest BCUT2D eigenvalue weighted by atomic mass is 79.9. The zero-order valence-corrected chi connectivity index (χ0v) is 25.2. The van der Waals surface area contributed by atoms with Crippen molar-refractivity contribution < 1.29 is 19.5 Å². The molecule has 3 aliphatic rings. The first-order valence-electron chi connectivity index (χ1n) is 13.9. The maximum Gasteiger partial charge on any atom is 0.245 e. The van der Waals surface area contributed by atoms with E-state index >= 15 is 0 Å². The fraction of sp³-hybridized carbons (Fsp3) is 0.483. The van der Waals surface area contributed by atoms with E-state index < -0.39 is 28.7 Å². The Hall–Kier alpha value is -2.96. The van der Waals surface area contributed by atoms with E-state index in [4.69, 9.17) is 0 Å². The monoisotopic (exact) mass is 640 g/mol. The maximum absolute atomic E-state index is 14.3. The lowest BCUT2D eigenvalue weighted by molar-refractivity contribution is -0.142. The van der Waals surface area contributed by atoms with E-state index in [0.29, 0.717) is 18.5 Å². The third-order valence-electron chi connectivity index (χ3n) is 8.49. The number of carbonyl (C=O) groups is 3. The molecule has 3 N–H and O–H groups in total. The Morgan fingerprint density at radius 1 is 1.15 bits per heavy atom. The van der Waals surface area contributed by atoms with Crippen LogP contribution in [0.4, 0.5) is 5.69 Å². The minimum Gasteiger partial charge on any atom is -0.394 e. The number of amides is 3. The molecule has 10 nitrogen and oxygen atoms in total. The van der Waals surface area contributed by atoms with Crippen molar-refractivity contribution in [2.24, 2.45) is 17.8 Å². The van der Waals surface area contributed by atoms with Gasteiger partial charge >= 0.3 is 0 Å². The summed E-state index contributed by atoms with van der Waals surface area (Å²) in [5, 5.41) is 24.7. The van der Waals surface area contributed by atoms with E-state index in [1.807, 2.05) is 68.4 Å². The summed E-state index contributed by atoms with van der Waals surface area (Å²) in [5.41, 5.74) is 2.16. The Morgan fingerprint density at radius 3 is 2.61 bits per heavy atom. The lowest BCUT2D eigenvalue weighted by Crippen LogP contribution is -2.57. The summed E-state index contributed by atoms with van der Waals surface area (Å²) in [7, 11) is 0. The van der Waals surface area contributed by atoms with Gasteiger partial charge in [0.1, 0.15) is 18.2 Å². The predicted molar refractivity (Wildman–Crippen MR) is 160 cm³/mol. The van der Waals surface area contributed by atoms with Crippen LogP contribution >= 0.6 is 27.7 Å². The topological polar surface area (TPSA) is 129 Å². The van der Waals surface area contributed by atoms with Crippen LogP contribution in [0.1, 0.15) is 26.7 Å². The Bertz CT molecular complexity index is 1470. The molecular formula is C29H33BrN6O4S. The third kappa shape index (κ3) is 4.73. The van der Waals surface area contributed by atoms with Crippen LogP contribution in [-0.2, 0) is 21.1 Å². The summed E-state index contributed by atoms with van der Waals surface area (Å²) < 4.78 is 0.803. The lowest BCUT2D eigenvalue weighted by atomic mass is 9.70. The van der Waals surface area contributed by atoms with Gasteiger partial charge in [-0.2, -0.15) is 0 Å². The first kappa shape index (κ1) is 28.2. The van der Waals surface area contributed by atoms with Crippen molar-refractivity contribution in [3.63, 3.8) is 0 Å². The molecule has 0 radical (unpaired) electrons. The van der Waals surface area contributed by atoms with Crippen molar-refractivity contribution in [1.82, 2.24) is 25.2 Å². The molecule has 3 amide bonds. The molecule has 12 heteroatoms. The number of aliphatic hydroxyl groups excluding tert-OH is 1. The minimum atomic E-state index is -0.852. The normalized spacial score (nSPS) is 29.2. The van der Waals surface area contributed by atoms with Crippen LogP contribution in [0.15, 0.2) is 54.6 Å². The number of anilines is 1. The molecule has 1 aromatic heterocycles. The van der Waals surface area contributed by atoms with Crippen LogP contribution in [0.25, 0.3) is 11.0 Å². The maximum atomic E-state index is 14.3. The third-order valence-corrected chi connectivity index (χ3v) is 11.7. The molecule has 4 heterocycles. The molecule has 6 rings (SSSR count). The van der Waals surface area contributed by atoms with Gasteiger partial charge in [-0.25, -0.2) is 4.68 Å². The standard InChI is InChI=1S/C29H33BrN6O4S/c1-16(2)12-18(14-37)36-25(27(39)31-15-35-21-11-7-6-10-20(21)33-34-35)29-13-19(30)24(41-29)22(23(29)28(36)40)26(38)32-17-8-4-3-5-9-17/h3-11,16,18-19,22-25,37H,12-15H2,1-2H3,(H,31,39)(H,32,38)/t18-,19?,22-,23+,24-,25?,29?/m1/s1. The van der Waals surface area contributed by atoms with Crippen molar-refractivity contribution in [3.05, 3.63) is 54.6 Å². The van der Waals surface area contributed by atoms with E-state index in [0.717, 1.165) is 11.0 Å². The fourth-order valence-corrected chi connectivity index (χ4v) is 10.5. The van der Waals surface area contributed by atoms with E-state index in [1.54, 1.807) is 21.3 Å². The number of fused-ring (bicyclic) bond motifs is 2. The second-order valence-corrected chi connectivity index (χ2v) is 14.2. The number of aliphatic hydroxyl groups is 1.